The zero-order chi connectivity index (χ0) is 24.0. The van der Waals surface area contributed by atoms with E-state index in [2.05, 4.69) is 4.72 Å². The Morgan fingerprint density at radius 3 is 2.27 bits per heavy atom. The minimum absolute atomic E-state index is 0.0140. The van der Waals surface area contributed by atoms with Gasteiger partial charge in [-0.2, -0.15) is 0 Å². The number of likely N-dealkylation sites (N-methyl/N-ethyl adjacent to an activating group) is 1. The van der Waals surface area contributed by atoms with E-state index in [-0.39, 0.29) is 35.3 Å². The van der Waals surface area contributed by atoms with Crippen LogP contribution in [0.1, 0.15) is 15.9 Å². The van der Waals surface area contributed by atoms with E-state index >= 15 is 0 Å². The summed E-state index contributed by atoms with van der Waals surface area (Å²) in [5.74, 6) is 0.388. The Bertz CT molecular complexity index is 1210. The van der Waals surface area contributed by atoms with Crippen molar-refractivity contribution in [2.75, 3.05) is 32.0 Å². The summed E-state index contributed by atoms with van der Waals surface area (Å²) in [4.78, 5) is 14.3. The van der Waals surface area contributed by atoms with Crippen molar-refractivity contribution >= 4 is 21.6 Å². The Morgan fingerprint density at radius 2 is 1.64 bits per heavy atom. The molecule has 0 saturated carbocycles. The van der Waals surface area contributed by atoms with Crippen LogP contribution >= 0.6 is 0 Å². The minimum atomic E-state index is -3.92. The number of nitrogens with zero attached hydrogens (tertiary/aromatic N) is 1. The smallest absolute Gasteiger partial charge is 0.262 e. The third-order valence-corrected chi connectivity index (χ3v) is 6.45. The molecule has 0 heterocycles. The normalized spacial score (nSPS) is 11.0. The number of rotatable bonds is 9. The Hall–Kier alpha value is -3.59. The first-order valence-corrected chi connectivity index (χ1v) is 11.6. The average molecular weight is 473 g/mol. The molecule has 0 saturated heterocycles. The maximum atomic E-state index is 13.0. The lowest BCUT2D eigenvalue weighted by molar-refractivity contribution is 0.0773. The molecule has 0 aromatic heterocycles. The molecular weight excluding hydrogens is 447 g/mol. The fraction of sp³-hybridized carbons (Fsp3) is 0.208. The molecule has 0 spiro atoms. The summed E-state index contributed by atoms with van der Waals surface area (Å²) in [6.45, 7) is 2.12. The van der Waals surface area contributed by atoms with Gasteiger partial charge in [0.05, 0.1) is 18.6 Å². The Kier molecular flexibility index (Phi) is 7.55. The van der Waals surface area contributed by atoms with Gasteiger partial charge in [-0.1, -0.05) is 6.07 Å². The fourth-order valence-electron chi connectivity index (χ4n) is 3.05. The second-order valence-corrected chi connectivity index (χ2v) is 8.99. The van der Waals surface area contributed by atoms with Crippen LogP contribution in [0.3, 0.4) is 0 Å². The van der Waals surface area contributed by atoms with Gasteiger partial charge in [0, 0.05) is 18.3 Å². The summed E-state index contributed by atoms with van der Waals surface area (Å²) in [5.41, 5.74) is 1.12. The van der Waals surface area contributed by atoms with Crippen molar-refractivity contribution < 1.29 is 27.1 Å². The number of carbonyl (C=O) groups excluding carboxylic acids is 1. The molecule has 3 aromatic carbocycles. The van der Waals surface area contributed by atoms with Gasteiger partial charge in [0.15, 0.2) is 0 Å². The molecule has 0 bridgehead atoms. The van der Waals surface area contributed by atoms with Gasteiger partial charge in [0.25, 0.3) is 15.9 Å². The number of hydrogen-bond donors (Lipinski definition) is 1. The molecule has 3 rings (SSSR count). The third kappa shape index (κ3) is 6.23. The molecule has 7 nitrogen and oxygen atoms in total. The number of methoxy groups -OCH3 is 1. The number of ether oxygens (including phenoxy) is 2. The zero-order valence-electron chi connectivity index (χ0n) is 18.5. The van der Waals surface area contributed by atoms with E-state index in [4.69, 9.17) is 9.47 Å². The van der Waals surface area contributed by atoms with Gasteiger partial charge in [-0.05, 0) is 73.2 Å². The van der Waals surface area contributed by atoms with Crippen LogP contribution in [0, 0.1) is 12.7 Å². The lowest BCUT2D eigenvalue weighted by Gasteiger charge is -2.19. The number of amides is 1. The Labute approximate surface area is 192 Å². The van der Waals surface area contributed by atoms with Gasteiger partial charge in [-0.15, -0.1) is 0 Å². The molecule has 1 amide bonds. The van der Waals surface area contributed by atoms with Crippen molar-refractivity contribution in [1.82, 2.24) is 4.90 Å². The van der Waals surface area contributed by atoms with Crippen LogP contribution in [0.4, 0.5) is 10.1 Å². The van der Waals surface area contributed by atoms with Gasteiger partial charge in [0.2, 0.25) is 0 Å². The highest BCUT2D eigenvalue weighted by Gasteiger charge is 2.21. The zero-order valence-corrected chi connectivity index (χ0v) is 19.4. The van der Waals surface area contributed by atoms with E-state index in [0.717, 1.165) is 0 Å². The van der Waals surface area contributed by atoms with Crippen molar-refractivity contribution in [2.24, 2.45) is 0 Å². The number of nitrogens with one attached hydrogen (secondary N) is 1. The van der Waals surface area contributed by atoms with Crippen molar-refractivity contribution in [3.8, 4) is 11.5 Å². The number of anilines is 1. The largest absolute Gasteiger partial charge is 0.497 e. The lowest BCUT2D eigenvalue weighted by Crippen LogP contribution is -2.31. The highest BCUT2D eigenvalue weighted by Crippen LogP contribution is 2.23. The van der Waals surface area contributed by atoms with Crippen molar-refractivity contribution in [1.29, 1.82) is 0 Å². The van der Waals surface area contributed by atoms with Gasteiger partial charge < -0.3 is 14.4 Å². The molecule has 174 valence electrons. The number of hydrogen-bond acceptors (Lipinski definition) is 5. The molecule has 33 heavy (non-hydrogen) atoms. The summed E-state index contributed by atoms with van der Waals surface area (Å²) >= 11 is 0. The van der Waals surface area contributed by atoms with Gasteiger partial charge in [-0.25, -0.2) is 12.8 Å². The quantitative estimate of drug-likeness (QED) is 0.507. The van der Waals surface area contributed by atoms with Crippen molar-refractivity contribution in [3.63, 3.8) is 0 Å². The first-order chi connectivity index (χ1) is 15.7. The highest BCUT2D eigenvalue weighted by atomic mass is 32.2. The average Bonchev–Trinajstić information content (AvgIpc) is 2.80. The summed E-state index contributed by atoms with van der Waals surface area (Å²) in [7, 11) is -0.797. The van der Waals surface area contributed by atoms with E-state index in [0.29, 0.717) is 22.7 Å². The van der Waals surface area contributed by atoms with Gasteiger partial charge in [0.1, 0.15) is 23.9 Å². The highest BCUT2D eigenvalue weighted by molar-refractivity contribution is 7.92. The first-order valence-electron chi connectivity index (χ1n) is 10.1. The molecule has 1 N–H and O–H groups in total. The number of aryl methyl sites for hydroxylation is 1. The topological polar surface area (TPSA) is 84.9 Å². The van der Waals surface area contributed by atoms with Gasteiger partial charge in [-0.3, -0.25) is 9.52 Å². The molecule has 0 atom stereocenters. The van der Waals surface area contributed by atoms with Gasteiger partial charge >= 0.3 is 0 Å². The second-order valence-electron chi connectivity index (χ2n) is 7.34. The van der Waals surface area contributed by atoms with E-state index < -0.39 is 10.0 Å². The second kappa shape index (κ2) is 10.4. The van der Waals surface area contributed by atoms with Crippen LogP contribution in [-0.2, 0) is 10.0 Å². The predicted octanol–water partition coefficient (Wildman–Crippen LogP) is 4.09. The standard InChI is InChI=1S/C24H25FN2O5S/c1-17-4-5-18(24(28)27(2)14-15-32-22-10-6-19(25)7-11-22)16-23(17)33(29,30)26-20-8-12-21(31-3)13-9-20/h4-13,16,26H,14-15H2,1-3H3. The molecule has 0 aliphatic carbocycles. The summed E-state index contributed by atoms with van der Waals surface area (Å²) in [6.07, 6.45) is 0. The summed E-state index contributed by atoms with van der Waals surface area (Å²) in [5, 5.41) is 0. The number of carbonyl (C=O) groups is 1. The SMILES string of the molecule is COc1ccc(NS(=O)(=O)c2cc(C(=O)N(C)CCOc3ccc(F)cc3)ccc2C)cc1. The maximum Gasteiger partial charge on any atom is 0.262 e. The van der Waals surface area contributed by atoms with E-state index in [9.17, 15) is 17.6 Å². The number of halogens is 1. The van der Waals surface area contributed by atoms with E-state index in [1.54, 1.807) is 50.4 Å². The lowest BCUT2D eigenvalue weighted by atomic mass is 10.1. The molecule has 0 fully saturated rings. The fourth-order valence-corrected chi connectivity index (χ4v) is 4.38. The van der Waals surface area contributed by atoms with E-state index in [1.165, 1.54) is 42.3 Å². The Morgan fingerprint density at radius 1 is 1.00 bits per heavy atom. The molecule has 0 unspecified atom stereocenters. The number of benzene rings is 3. The summed E-state index contributed by atoms with van der Waals surface area (Å²) < 4.78 is 52.0. The van der Waals surface area contributed by atoms with Crippen LogP contribution < -0.4 is 14.2 Å². The number of sulfonamides is 1. The van der Waals surface area contributed by atoms with E-state index in [1.807, 2.05) is 0 Å². The Balaban J connectivity index is 1.69. The van der Waals surface area contributed by atoms with Crippen LogP contribution in [0.15, 0.2) is 71.6 Å². The molecule has 3 aromatic rings. The predicted molar refractivity (Wildman–Crippen MR) is 124 cm³/mol. The molecule has 9 heteroatoms. The van der Waals surface area contributed by atoms with Crippen LogP contribution in [-0.4, -0.2) is 46.5 Å². The summed E-state index contributed by atoms with van der Waals surface area (Å²) in [6, 6.07) is 16.6. The van der Waals surface area contributed by atoms with Crippen LogP contribution in [0.25, 0.3) is 0 Å². The molecular formula is C24H25FN2O5S. The van der Waals surface area contributed by atoms with Crippen molar-refractivity contribution in [2.45, 2.75) is 11.8 Å². The first kappa shape index (κ1) is 24.1. The molecule has 0 radical (unpaired) electrons. The van der Waals surface area contributed by atoms with Crippen LogP contribution in [0.2, 0.25) is 0 Å². The molecule has 0 aliphatic rings. The van der Waals surface area contributed by atoms with Crippen molar-refractivity contribution in [3.05, 3.63) is 83.7 Å². The third-order valence-electron chi connectivity index (χ3n) is 4.92. The molecule has 0 aliphatic heterocycles. The van der Waals surface area contributed by atoms with Crippen LogP contribution in [0.5, 0.6) is 11.5 Å². The minimum Gasteiger partial charge on any atom is -0.497 e. The monoisotopic (exact) mass is 472 g/mol. The maximum absolute atomic E-state index is 13.0.